The molecule has 1 N–H and O–H groups in total. The van der Waals surface area contributed by atoms with E-state index in [0.717, 1.165) is 73.7 Å². The maximum atomic E-state index is 14.5. The number of nitrogens with one attached hydrogen (secondary N) is 1. The van der Waals surface area contributed by atoms with Crippen molar-refractivity contribution in [3.05, 3.63) is 105 Å². The molecule has 1 fully saturated rings. The number of pyridine rings is 2. The summed E-state index contributed by atoms with van der Waals surface area (Å²) in [5.74, 6) is 1.43. The van der Waals surface area contributed by atoms with E-state index in [4.69, 9.17) is 30.7 Å². The lowest BCUT2D eigenvalue weighted by molar-refractivity contribution is 0.0776. The number of carbonyl (C=O) groups is 1. The standard InChI is InChI=1S/C38H32ClFN6O3S/c1-19-44-45-37(49-19)30-27(13-9-20-6-3-4-7-24(20)39)42-33-28-8-5-17-46(28)38(47)32(33)31(30)29-18-21-15-16-41-36(35(21)50-29)43-26-14-11-23-22(26)10-12-25(40)34(23)48-2/h3-4,6-7,10,12,15-16,18,26,28H,5,8-9,11,13-14,17H2,1-2H3,(H,41,43)/t26-,28+/m0/s1. The highest BCUT2D eigenvalue weighted by molar-refractivity contribution is 7.23. The molecular formula is C38H32ClFN6O3S. The van der Waals surface area contributed by atoms with E-state index in [1.165, 1.54) is 13.2 Å². The van der Waals surface area contributed by atoms with Crippen molar-refractivity contribution in [2.75, 3.05) is 19.0 Å². The van der Waals surface area contributed by atoms with Crippen molar-refractivity contribution in [2.24, 2.45) is 0 Å². The highest BCUT2D eigenvalue weighted by Gasteiger charge is 2.45. The first-order valence-corrected chi connectivity index (χ1v) is 18.0. The molecule has 6 heterocycles. The van der Waals surface area contributed by atoms with Crippen LogP contribution in [0.3, 0.4) is 0 Å². The van der Waals surface area contributed by atoms with Crippen molar-refractivity contribution in [1.29, 1.82) is 0 Å². The molecule has 50 heavy (non-hydrogen) atoms. The second-order valence-corrected chi connectivity index (χ2v) is 14.5. The quantitative estimate of drug-likeness (QED) is 0.168. The second kappa shape index (κ2) is 12.2. The monoisotopic (exact) mass is 706 g/mol. The summed E-state index contributed by atoms with van der Waals surface area (Å²) in [4.78, 5) is 27.1. The zero-order valence-corrected chi connectivity index (χ0v) is 29.0. The topological polar surface area (TPSA) is 106 Å². The Balaban J connectivity index is 1.20. The van der Waals surface area contributed by atoms with Crippen molar-refractivity contribution >= 4 is 44.7 Å². The summed E-state index contributed by atoms with van der Waals surface area (Å²) in [7, 11) is 1.51. The minimum atomic E-state index is -0.353. The van der Waals surface area contributed by atoms with Crippen LogP contribution in [0.15, 0.2) is 59.1 Å². The fourth-order valence-electron chi connectivity index (χ4n) is 7.93. The van der Waals surface area contributed by atoms with Crippen LogP contribution in [0.4, 0.5) is 10.2 Å². The van der Waals surface area contributed by atoms with E-state index in [-0.39, 0.29) is 23.8 Å². The van der Waals surface area contributed by atoms with E-state index in [1.54, 1.807) is 24.5 Å². The van der Waals surface area contributed by atoms with Crippen LogP contribution in [0, 0.1) is 12.7 Å². The van der Waals surface area contributed by atoms with Crippen LogP contribution >= 0.6 is 22.9 Å². The molecule has 2 aliphatic heterocycles. The molecule has 1 aliphatic carbocycles. The van der Waals surface area contributed by atoms with E-state index >= 15 is 0 Å². The molecule has 0 spiro atoms. The number of aryl methyl sites for hydroxylation is 3. The Labute approximate surface area is 296 Å². The van der Waals surface area contributed by atoms with Gasteiger partial charge in [-0.05, 0) is 79.3 Å². The number of ether oxygens (including phenoxy) is 1. The Morgan fingerprint density at radius 3 is 2.80 bits per heavy atom. The van der Waals surface area contributed by atoms with Crippen LogP contribution in [0.2, 0.25) is 5.02 Å². The maximum Gasteiger partial charge on any atom is 0.257 e. The lowest BCUT2D eigenvalue weighted by Gasteiger charge is -2.16. The minimum absolute atomic E-state index is 0.0159. The smallest absolute Gasteiger partial charge is 0.257 e. The van der Waals surface area contributed by atoms with Crippen molar-refractivity contribution in [2.45, 2.75) is 57.5 Å². The third-order valence-corrected chi connectivity index (χ3v) is 11.7. The van der Waals surface area contributed by atoms with E-state index in [1.807, 2.05) is 41.3 Å². The molecule has 2 atom stereocenters. The molecule has 2 aromatic carbocycles. The van der Waals surface area contributed by atoms with Gasteiger partial charge >= 0.3 is 0 Å². The van der Waals surface area contributed by atoms with E-state index in [0.29, 0.717) is 59.5 Å². The number of fused-ring (bicyclic) bond motifs is 5. The first kappa shape index (κ1) is 31.1. The number of nitrogens with zero attached hydrogens (tertiary/aromatic N) is 5. The number of hydrogen-bond donors (Lipinski definition) is 1. The number of rotatable bonds is 8. The molecule has 1 amide bonds. The highest BCUT2D eigenvalue weighted by atomic mass is 35.5. The van der Waals surface area contributed by atoms with Gasteiger partial charge in [-0.1, -0.05) is 35.9 Å². The van der Waals surface area contributed by atoms with Gasteiger partial charge in [0.1, 0.15) is 5.82 Å². The number of thiophene rings is 1. The summed E-state index contributed by atoms with van der Waals surface area (Å²) >= 11 is 8.16. The normalized spacial score (nSPS) is 17.8. The predicted octanol–water partition coefficient (Wildman–Crippen LogP) is 8.69. The predicted molar refractivity (Wildman–Crippen MR) is 190 cm³/mol. The first-order valence-electron chi connectivity index (χ1n) is 16.8. The molecule has 252 valence electrons. The zero-order valence-electron chi connectivity index (χ0n) is 27.4. The Morgan fingerprint density at radius 1 is 1.10 bits per heavy atom. The molecule has 9 rings (SSSR count). The average molecular weight is 707 g/mol. The van der Waals surface area contributed by atoms with Crippen LogP contribution in [0.1, 0.15) is 75.7 Å². The average Bonchev–Trinajstić information content (AvgIpc) is 3.95. The van der Waals surface area contributed by atoms with Gasteiger partial charge in [-0.3, -0.25) is 9.78 Å². The second-order valence-electron chi connectivity index (χ2n) is 13.0. The van der Waals surface area contributed by atoms with Crippen molar-refractivity contribution in [1.82, 2.24) is 25.1 Å². The largest absolute Gasteiger partial charge is 0.493 e. The molecule has 12 heteroatoms. The van der Waals surface area contributed by atoms with Gasteiger partial charge in [-0.2, -0.15) is 0 Å². The lowest BCUT2D eigenvalue weighted by Crippen LogP contribution is -2.22. The summed E-state index contributed by atoms with van der Waals surface area (Å²) in [5.41, 5.74) is 6.57. The number of carbonyl (C=O) groups excluding carboxylic acids is 1. The number of amides is 1. The van der Waals surface area contributed by atoms with Gasteiger partial charge < -0.3 is 19.4 Å². The third kappa shape index (κ3) is 4.97. The Hall–Kier alpha value is -4.87. The minimum Gasteiger partial charge on any atom is -0.493 e. The molecule has 9 nitrogen and oxygen atoms in total. The molecule has 0 unspecified atom stereocenters. The number of aromatic nitrogens is 4. The molecule has 4 aromatic heterocycles. The summed E-state index contributed by atoms with van der Waals surface area (Å²) in [6, 6.07) is 15.1. The molecule has 0 saturated carbocycles. The molecular weight excluding hydrogens is 675 g/mol. The third-order valence-electron chi connectivity index (χ3n) is 10.2. The highest BCUT2D eigenvalue weighted by Crippen LogP contribution is 2.51. The fraction of sp³-hybridized carbons (Fsp3) is 0.289. The van der Waals surface area contributed by atoms with E-state index < -0.39 is 0 Å². The summed E-state index contributed by atoms with van der Waals surface area (Å²) < 4.78 is 27.0. The van der Waals surface area contributed by atoms with Gasteiger partial charge in [0.15, 0.2) is 11.6 Å². The van der Waals surface area contributed by atoms with Crippen LogP contribution in [0.5, 0.6) is 5.75 Å². The fourth-order valence-corrected chi connectivity index (χ4v) is 9.32. The van der Waals surface area contributed by atoms with Crippen LogP contribution in [0.25, 0.3) is 32.0 Å². The van der Waals surface area contributed by atoms with E-state index in [2.05, 4.69) is 21.6 Å². The molecule has 0 radical (unpaired) electrons. The van der Waals surface area contributed by atoms with Crippen molar-refractivity contribution in [3.63, 3.8) is 0 Å². The van der Waals surface area contributed by atoms with Gasteiger partial charge in [0, 0.05) is 40.7 Å². The van der Waals surface area contributed by atoms with Crippen LogP contribution in [-0.2, 0) is 19.3 Å². The Kier molecular flexibility index (Phi) is 7.58. The number of benzene rings is 2. The number of methoxy groups -OCH3 is 1. The summed E-state index contributed by atoms with van der Waals surface area (Å²) in [6.45, 7) is 2.46. The molecule has 1 saturated heterocycles. The number of halogens is 2. The van der Waals surface area contributed by atoms with Gasteiger partial charge in [-0.15, -0.1) is 21.5 Å². The van der Waals surface area contributed by atoms with Gasteiger partial charge in [-0.25, -0.2) is 9.37 Å². The number of hydrogen-bond acceptors (Lipinski definition) is 9. The van der Waals surface area contributed by atoms with Gasteiger partial charge in [0.05, 0.1) is 46.4 Å². The zero-order chi connectivity index (χ0) is 34.1. The van der Waals surface area contributed by atoms with E-state index in [9.17, 15) is 9.18 Å². The van der Waals surface area contributed by atoms with Crippen LogP contribution < -0.4 is 10.1 Å². The molecule has 3 aliphatic rings. The maximum absolute atomic E-state index is 14.5. The Morgan fingerprint density at radius 2 is 1.98 bits per heavy atom. The summed E-state index contributed by atoms with van der Waals surface area (Å²) in [5, 5.41) is 14.0. The SMILES string of the molecule is COc1c(F)ccc2c1CC[C@@H]2Nc1nccc2cc(-c3c4c(nc(CCc5ccccc5Cl)c3-c3nnc(C)o3)[C@H]3CCCN3C4=O)sc12. The Bertz CT molecular complexity index is 2340. The molecule has 6 aromatic rings. The first-order chi connectivity index (χ1) is 24.4. The van der Waals surface area contributed by atoms with Gasteiger partial charge in [0.25, 0.3) is 5.91 Å². The number of anilines is 1. The lowest BCUT2D eigenvalue weighted by atomic mass is 9.93. The van der Waals surface area contributed by atoms with Crippen molar-refractivity contribution in [3.8, 4) is 27.6 Å². The summed E-state index contributed by atoms with van der Waals surface area (Å²) in [6.07, 6.45) is 6.30. The van der Waals surface area contributed by atoms with Crippen LogP contribution in [-0.4, -0.2) is 44.6 Å². The van der Waals surface area contributed by atoms with Crippen molar-refractivity contribution < 1.29 is 18.3 Å². The molecule has 0 bridgehead atoms. The van der Waals surface area contributed by atoms with Gasteiger partial charge in [0.2, 0.25) is 11.8 Å².